The summed E-state index contributed by atoms with van der Waals surface area (Å²) in [6.45, 7) is 1.61. The minimum Gasteiger partial charge on any atom is -0.497 e. The average Bonchev–Trinajstić information content (AvgIpc) is 3.19. The number of para-hydroxylation sites is 2. The third kappa shape index (κ3) is 4.24. The molecule has 0 spiro atoms. The number of methoxy groups -OCH3 is 1. The van der Waals surface area contributed by atoms with Crippen LogP contribution in [0.5, 0.6) is 17.2 Å². The molecule has 0 N–H and O–H groups in total. The van der Waals surface area contributed by atoms with E-state index in [2.05, 4.69) is 4.90 Å². The standard InChI is InChI=1S/C25H24FN3O4S/c1-32-19-10-11-23-21(17-19)25(27-22-8-2-3-9-24(22)33-23)28-12-5-13-29(15-14-28)34(30,31)20-7-4-6-18(26)16-20/h2-4,6-11,16-17H,5,12-15H2,1H3. The molecular weight excluding hydrogens is 457 g/mol. The molecule has 0 amide bonds. The number of nitrogens with zero attached hydrogens (tertiary/aromatic N) is 3. The summed E-state index contributed by atoms with van der Waals surface area (Å²) >= 11 is 0. The number of aliphatic imine (C=N–C) groups is 1. The van der Waals surface area contributed by atoms with Crippen molar-refractivity contribution < 1.29 is 22.3 Å². The second-order valence-corrected chi connectivity index (χ2v) is 10.0. The van der Waals surface area contributed by atoms with Crippen molar-refractivity contribution in [2.45, 2.75) is 11.3 Å². The third-order valence-corrected chi connectivity index (χ3v) is 7.82. The van der Waals surface area contributed by atoms with Crippen LogP contribution in [0.1, 0.15) is 12.0 Å². The zero-order valence-electron chi connectivity index (χ0n) is 18.6. The van der Waals surface area contributed by atoms with Crippen LogP contribution in [0.15, 0.2) is 76.6 Å². The summed E-state index contributed by atoms with van der Waals surface area (Å²) in [7, 11) is -2.20. The predicted molar refractivity (Wildman–Crippen MR) is 127 cm³/mol. The van der Waals surface area contributed by atoms with E-state index in [4.69, 9.17) is 14.5 Å². The van der Waals surface area contributed by atoms with Crippen LogP contribution in [0.3, 0.4) is 0 Å². The number of benzene rings is 3. The van der Waals surface area contributed by atoms with E-state index in [1.807, 2.05) is 42.5 Å². The number of ether oxygens (including phenoxy) is 2. The van der Waals surface area contributed by atoms with Crippen molar-refractivity contribution in [1.82, 2.24) is 9.21 Å². The monoisotopic (exact) mass is 481 g/mol. The molecule has 0 aromatic heterocycles. The topological polar surface area (TPSA) is 71.4 Å². The maximum atomic E-state index is 13.7. The molecule has 3 aromatic rings. The van der Waals surface area contributed by atoms with E-state index in [-0.39, 0.29) is 11.4 Å². The number of halogens is 1. The number of sulfonamides is 1. The highest BCUT2D eigenvalue weighted by Crippen LogP contribution is 2.39. The molecule has 34 heavy (non-hydrogen) atoms. The van der Waals surface area contributed by atoms with Crippen molar-refractivity contribution in [3.63, 3.8) is 0 Å². The van der Waals surface area contributed by atoms with Gasteiger partial charge in [-0.05, 0) is 55.0 Å². The Labute approximate surface area is 198 Å². The van der Waals surface area contributed by atoms with Crippen molar-refractivity contribution in [3.8, 4) is 17.2 Å². The van der Waals surface area contributed by atoms with Crippen molar-refractivity contribution in [3.05, 3.63) is 78.1 Å². The molecule has 0 unspecified atom stereocenters. The summed E-state index contributed by atoms with van der Waals surface area (Å²) in [6.07, 6.45) is 0.593. The smallest absolute Gasteiger partial charge is 0.243 e. The van der Waals surface area contributed by atoms with E-state index in [1.54, 1.807) is 7.11 Å². The summed E-state index contributed by atoms with van der Waals surface area (Å²) in [5.41, 5.74) is 1.47. The SMILES string of the molecule is COc1ccc2c(c1)C(N1CCCN(S(=O)(=O)c3cccc(F)c3)CC1)=Nc1ccccc1O2. The molecule has 1 saturated heterocycles. The van der Waals surface area contributed by atoms with Gasteiger partial charge in [0.25, 0.3) is 0 Å². The molecule has 1 fully saturated rings. The molecule has 2 aliphatic rings. The molecule has 0 atom stereocenters. The molecule has 5 rings (SSSR count). The molecular formula is C25H24FN3O4S. The first kappa shape index (κ1) is 22.4. The summed E-state index contributed by atoms with van der Waals surface area (Å²) in [5.74, 6) is 2.09. The van der Waals surface area contributed by atoms with Crippen LogP contribution in [0.2, 0.25) is 0 Å². The predicted octanol–water partition coefficient (Wildman–Crippen LogP) is 4.41. The minimum absolute atomic E-state index is 0.0369. The lowest BCUT2D eigenvalue weighted by Crippen LogP contribution is -2.37. The molecule has 176 valence electrons. The van der Waals surface area contributed by atoms with Crippen molar-refractivity contribution in [2.75, 3.05) is 33.3 Å². The summed E-state index contributed by atoms with van der Waals surface area (Å²) in [5, 5.41) is 0. The van der Waals surface area contributed by atoms with Crippen LogP contribution in [-0.4, -0.2) is 56.7 Å². The van der Waals surface area contributed by atoms with Crippen molar-refractivity contribution in [2.24, 2.45) is 4.99 Å². The Morgan fingerprint density at radius 2 is 1.79 bits per heavy atom. The van der Waals surface area contributed by atoms with Gasteiger partial charge in [-0.3, -0.25) is 0 Å². The Kier molecular flexibility index (Phi) is 5.97. The largest absolute Gasteiger partial charge is 0.497 e. The number of hydrogen-bond acceptors (Lipinski definition) is 6. The van der Waals surface area contributed by atoms with Crippen LogP contribution in [-0.2, 0) is 10.0 Å². The third-order valence-electron chi connectivity index (χ3n) is 5.93. The van der Waals surface area contributed by atoms with Crippen LogP contribution >= 0.6 is 0 Å². The molecule has 3 aromatic carbocycles. The second kappa shape index (κ2) is 9.08. The molecule has 0 aliphatic carbocycles. The van der Waals surface area contributed by atoms with Crippen LogP contribution in [0.25, 0.3) is 0 Å². The van der Waals surface area contributed by atoms with E-state index in [1.165, 1.54) is 22.5 Å². The maximum Gasteiger partial charge on any atom is 0.243 e. The lowest BCUT2D eigenvalue weighted by molar-refractivity contribution is 0.405. The summed E-state index contributed by atoms with van der Waals surface area (Å²) in [6, 6.07) is 18.2. The fraction of sp³-hybridized carbons (Fsp3) is 0.240. The quantitative estimate of drug-likeness (QED) is 0.554. The van der Waals surface area contributed by atoms with Gasteiger partial charge in [0, 0.05) is 26.2 Å². The van der Waals surface area contributed by atoms with E-state index < -0.39 is 15.8 Å². The molecule has 7 nitrogen and oxygen atoms in total. The summed E-state index contributed by atoms with van der Waals surface area (Å²) < 4.78 is 53.0. The highest BCUT2D eigenvalue weighted by molar-refractivity contribution is 7.89. The van der Waals surface area contributed by atoms with Crippen LogP contribution in [0, 0.1) is 5.82 Å². The minimum atomic E-state index is -3.81. The van der Waals surface area contributed by atoms with Gasteiger partial charge in [-0.25, -0.2) is 17.8 Å². The van der Waals surface area contributed by atoms with Gasteiger partial charge in [-0.15, -0.1) is 0 Å². The van der Waals surface area contributed by atoms with Crippen molar-refractivity contribution in [1.29, 1.82) is 0 Å². The van der Waals surface area contributed by atoms with Gasteiger partial charge in [0.2, 0.25) is 10.0 Å². The average molecular weight is 482 g/mol. The molecule has 0 saturated carbocycles. The number of fused-ring (bicyclic) bond motifs is 2. The molecule has 9 heteroatoms. The lowest BCUT2D eigenvalue weighted by Gasteiger charge is -2.25. The fourth-order valence-electron chi connectivity index (χ4n) is 4.19. The first-order valence-electron chi connectivity index (χ1n) is 11.0. The van der Waals surface area contributed by atoms with E-state index in [9.17, 15) is 12.8 Å². The number of hydrogen-bond donors (Lipinski definition) is 0. The Morgan fingerprint density at radius 1 is 0.941 bits per heavy atom. The highest BCUT2D eigenvalue weighted by Gasteiger charge is 2.30. The molecule has 2 aliphatic heterocycles. The van der Waals surface area contributed by atoms with Gasteiger partial charge < -0.3 is 14.4 Å². The zero-order chi connectivity index (χ0) is 23.7. The normalized spacial score (nSPS) is 16.4. The highest BCUT2D eigenvalue weighted by atomic mass is 32.2. The van der Waals surface area contributed by atoms with Crippen molar-refractivity contribution >= 4 is 21.5 Å². The maximum absolute atomic E-state index is 13.7. The van der Waals surface area contributed by atoms with E-state index in [0.29, 0.717) is 54.8 Å². The van der Waals surface area contributed by atoms with Gasteiger partial charge in [-0.1, -0.05) is 18.2 Å². The van der Waals surface area contributed by atoms with Gasteiger partial charge >= 0.3 is 0 Å². The Morgan fingerprint density at radius 3 is 2.62 bits per heavy atom. The second-order valence-electron chi connectivity index (χ2n) is 8.07. The van der Waals surface area contributed by atoms with E-state index in [0.717, 1.165) is 11.6 Å². The Bertz CT molecular complexity index is 1360. The van der Waals surface area contributed by atoms with E-state index >= 15 is 0 Å². The summed E-state index contributed by atoms with van der Waals surface area (Å²) in [4.78, 5) is 6.96. The van der Waals surface area contributed by atoms with Crippen LogP contribution in [0.4, 0.5) is 10.1 Å². The molecule has 0 radical (unpaired) electrons. The van der Waals surface area contributed by atoms with Gasteiger partial charge in [0.1, 0.15) is 28.8 Å². The first-order valence-corrected chi connectivity index (χ1v) is 12.4. The Hall–Kier alpha value is -3.43. The van der Waals surface area contributed by atoms with Gasteiger partial charge in [0.05, 0.1) is 17.6 Å². The molecule has 0 bridgehead atoms. The van der Waals surface area contributed by atoms with Crippen LogP contribution < -0.4 is 9.47 Å². The zero-order valence-corrected chi connectivity index (χ0v) is 19.5. The lowest BCUT2D eigenvalue weighted by atomic mass is 10.1. The fourth-order valence-corrected chi connectivity index (χ4v) is 5.69. The number of rotatable bonds is 3. The Balaban J connectivity index is 1.48. The van der Waals surface area contributed by atoms with Gasteiger partial charge in [-0.2, -0.15) is 4.31 Å². The van der Waals surface area contributed by atoms with Gasteiger partial charge in [0.15, 0.2) is 5.75 Å². The first-order chi connectivity index (χ1) is 16.5. The molecule has 2 heterocycles. The number of amidine groups is 1.